The van der Waals surface area contributed by atoms with Crippen molar-refractivity contribution in [1.82, 2.24) is 4.98 Å². The number of ether oxygens (including phenoxy) is 1. The standard InChI is InChI=1S/C17H14N2O2/c20-16(12-21-14-8-2-1-3-9-14)19-15-10-4-6-13-7-5-11-18-17(13)15/h1-11H,12H2,(H,19,20). The van der Waals surface area contributed by atoms with Gasteiger partial charge in [0.05, 0.1) is 11.2 Å². The molecule has 0 saturated heterocycles. The number of para-hydroxylation sites is 2. The summed E-state index contributed by atoms with van der Waals surface area (Å²) in [5.41, 5.74) is 1.46. The Hall–Kier alpha value is -2.88. The van der Waals surface area contributed by atoms with Crippen molar-refractivity contribution >= 4 is 22.5 Å². The molecule has 1 amide bonds. The lowest BCUT2D eigenvalue weighted by Crippen LogP contribution is -2.20. The summed E-state index contributed by atoms with van der Waals surface area (Å²) >= 11 is 0. The van der Waals surface area contributed by atoms with E-state index < -0.39 is 0 Å². The van der Waals surface area contributed by atoms with Gasteiger partial charge in [-0.25, -0.2) is 0 Å². The Labute approximate surface area is 122 Å². The molecule has 104 valence electrons. The number of benzene rings is 2. The van der Waals surface area contributed by atoms with Crippen molar-refractivity contribution in [2.24, 2.45) is 0 Å². The smallest absolute Gasteiger partial charge is 0.262 e. The second-order valence-corrected chi connectivity index (χ2v) is 4.53. The van der Waals surface area contributed by atoms with Gasteiger partial charge in [0.2, 0.25) is 0 Å². The molecule has 2 aromatic carbocycles. The maximum Gasteiger partial charge on any atom is 0.262 e. The molecule has 3 aromatic rings. The zero-order chi connectivity index (χ0) is 14.5. The molecular formula is C17H14N2O2. The van der Waals surface area contributed by atoms with Crippen molar-refractivity contribution in [3.05, 3.63) is 66.9 Å². The van der Waals surface area contributed by atoms with Gasteiger partial charge >= 0.3 is 0 Å². The van der Waals surface area contributed by atoms with Crippen LogP contribution in [0, 0.1) is 0 Å². The zero-order valence-corrected chi connectivity index (χ0v) is 11.3. The molecule has 0 aliphatic rings. The monoisotopic (exact) mass is 278 g/mol. The molecule has 0 aliphatic heterocycles. The van der Waals surface area contributed by atoms with Crippen LogP contribution in [0.25, 0.3) is 10.9 Å². The van der Waals surface area contributed by atoms with Gasteiger partial charge in [-0.15, -0.1) is 0 Å². The quantitative estimate of drug-likeness (QED) is 0.797. The van der Waals surface area contributed by atoms with Crippen molar-refractivity contribution in [2.75, 3.05) is 11.9 Å². The average molecular weight is 278 g/mol. The van der Waals surface area contributed by atoms with Crippen LogP contribution in [0.1, 0.15) is 0 Å². The van der Waals surface area contributed by atoms with Gasteiger partial charge in [-0.1, -0.05) is 36.4 Å². The summed E-state index contributed by atoms with van der Waals surface area (Å²) in [6.07, 6.45) is 1.71. The summed E-state index contributed by atoms with van der Waals surface area (Å²) in [4.78, 5) is 16.3. The van der Waals surface area contributed by atoms with Crippen molar-refractivity contribution in [1.29, 1.82) is 0 Å². The van der Waals surface area contributed by atoms with Crippen molar-refractivity contribution < 1.29 is 9.53 Å². The largest absolute Gasteiger partial charge is 0.484 e. The first-order chi connectivity index (χ1) is 10.3. The van der Waals surface area contributed by atoms with Crippen LogP contribution in [0.15, 0.2) is 66.9 Å². The van der Waals surface area contributed by atoms with Gasteiger partial charge in [0.25, 0.3) is 5.91 Å². The number of carbonyl (C=O) groups excluding carboxylic acids is 1. The van der Waals surface area contributed by atoms with E-state index in [-0.39, 0.29) is 12.5 Å². The molecule has 0 spiro atoms. The van der Waals surface area contributed by atoms with Crippen molar-refractivity contribution in [2.45, 2.75) is 0 Å². The van der Waals surface area contributed by atoms with Gasteiger partial charge in [-0.3, -0.25) is 9.78 Å². The van der Waals surface area contributed by atoms with Gasteiger partial charge in [0.1, 0.15) is 5.75 Å². The molecule has 0 atom stereocenters. The molecule has 0 fully saturated rings. The average Bonchev–Trinajstić information content (AvgIpc) is 2.54. The minimum Gasteiger partial charge on any atom is -0.484 e. The molecule has 21 heavy (non-hydrogen) atoms. The Morgan fingerprint density at radius 2 is 1.81 bits per heavy atom. The van der Waals surface area contributed by atoms with E-state index in [1.165, 1.54) is 0 Å². The Balaban J connectivity index is 1.69. The predicted molar refractivity (Wildman–Crippen MR) is 82.3 cm³/mol. The lowest BCUT2D eigenvalue weighted by molar-refractivity contribution is -0.118. The maximum absolute atomic E-state index is 12.0. The summed E-state index contributed by atoms with van der Waals surface area (Å²) in [5.74, 6) is 0.459. The van der Waals surface area contributed by atoms with E-state index in [1.54, 1.807) is 6.20 Å². The minimum absolute atomic E-state index is 0.0345. The molecular weight excluding hydrogens is 264 g/mol. The summed E-state index contributed by atoms with van der Waals surface area (Å²) in [7, 11) is 0. The molecule has 3 rings (SSSR count). The third kappa shape index (κ3) is 3.17. The van der Waals surface area contributed by atoms with E-state index in [0.717, 1.165) is 10.9 Å². The van der Waals surface area contributed by atoms with Crippen LogP contribution in [-0.2, 0) is 4.79 Å². The second-order valence-electron chi connectivity index (χ2n) is 4.53. The molecule has 1 heterocycles. The highest BCUT2D eigenvalue weighted by Gasteiger charge is 2.07. The summed E-state index contributed by atoms with van der Waals surface area (Å²) in [5, 5.41) is 3.81. The van der Waals surface area contributed by atoms with Crippen LogP contribution < -0.4 is 10.1 Å². The molecule has 0 radical (unpaired) electrons. The number of anilines is 1. The van der Waals surface area contributed by atoms with E-state index >= 15 is 0 Å². The molecule has 0 aliphatic carbocycles. The zero-order valence-electron chi connectivity index (χ0n) is 11.3. The number of hydrogen-bond acceptors (Lipinski definition) is 3. The first kappa shape index (κ1) is 13.1. The fraction of sp³-hybridized carbons (Fsp3) is 0.0588. The van der Waals surface area contributed by atoms with E-state index in [1.807, 2.05) is 60.7 Å². The van der Waals surface area contributed by atoms with Crippen molar-refractivity contribution in [3.63, 3.8) is 0 Å². The highest BCUT2D eigenvalue weighted by molar-refractivity contribution is 6.00. The maximum atomic E-state index is 12.0. The first-order valence-corrected chi connectivity index (χ1v) is 6.64. The molecule has 4 heteroatoms. The van der Waals surface area contributed by atoms with Crippen LogP contribution in [0.4, 0.5) is 5.69 Å². The number of hydrogen-bond donors (Lipinski definition) is 1. The molecule has 0 bridgehead atoms. The fourth-order valence-electron chi connectivity index (χ4n) is 2.06. The summed E-state index contributed by atoms with van der Waals surface area (Å²) in [6.45, 7) is -0.0345. The molecule has 0 saturated carbocycles. The third-order valence-corrected chi connectivity index (χ3v) is 3.02. The summed E-state index contributed by atoms with van der Waals surface area (Å²) in [6, 6.07) is 18.7. The molecule has 1 aromatic heterocycles. The van der Waals surface area contributed by atoms with Crippen LogP contribution in [0.3, 0.4) is 0 Å². The van der Waals surface area contributed by atoms with Gasteiger partial charge < -0.3 is 10.1 Å². The highest BCUT2D eigenvalue weighted by atomic mass is 16.5. The number of rotatable bonds is 4. The van der Waals surface area contributed by atoms with Gasteiger partial charge in [0, 0.05) is 11.6 Å². The number of carbonyl (C=O) groups is 1. The number of amides is 1. The van der Waals surface area contributed by atoms with E-state index in [4.69, 9.17) is 4.74 Å². The Morgan fingerprint density at radius 1 is 1.00 bits per heavy atom. The summed E-state index contributed by atoms with van der Waals surface area (Å²) < 4.78 is 5.42. The first-order valence-electron chi connectivity index (χ1n) is 6.64. The normalized spacial score (nSPS) is 10.3. The minimum atomic E-state index is -0.211. The molecule has 4 nitrogen and oxygen atoms in total. The number of aromatic nitrogens is 1. The van der Waals surface area contributed by atoms with Crippen molar-refractivity contribution in [3.8, 4) is 5.75 Å². The van der Waals surface area contributed by atoms with Crippen LogP contribution in [-0.4, -0.2) is 17.5 Å². The lowest BCUT2D eigenvalue weighted by Gasteiger charge is -2.09. The van der Waals surface area contributed by atoms with E-state index in [9.17, 15) is 4.79 Å². The van der Waals surface area contributed by atoms with E-state index in [0.29, 0.717) is 11.4 Å². The predicted octanol–water partition coefficient (Wildman–Crippen LogP) is 3.25. The number of fused-ring (bicyclic) bond motifs is 1. The highest BCUT2D eigenvalue weighted by Crippen LogP contribution is 2.20. The molecule has 0 unspecified atom stereocenters. The van der Waals surface area contributed by atoms with E-state index in [2.05, 4.69) is 10.3 Å². The SMILES string of the molecule is O=C(COc1ccccc1)Nc1cccc2cccnc12. The van der Waals surface area contributed by atoms with Crippen LogP contribution >= 0.6 is 0 Å². The Kier molecular flexibility index (Phi) is 3.78. The Morgan fingerprint density at radius 3 is 2.67 bits per heavy atom. The molecule has 1 N–H and O–H groups in total. The van der Waals surface area contributed by atoms with Crippen LogP contribution in [0.2, 0.25) is 0 Å². The van der Waals surface area contributed by atoms with Gasteiger partial charge in [-0.2, -0.15) is 0 Å². The van der Waals surface area contributed by atoms with Crippen LogP contribution in [0.5, 0.6) is 5.75 Å². The lowest BCUT2D eigenvalue weighted by atomic mass is 10.2. The number of pyridine rings is 1. The van der Waals surface area contributed by atoms with Gasteiger partial charge in [0.15, 0.2) is 6.61 Å². The number of nitrogens with zero attached hydrogens (tertiary/aromatic N) is 1. The topological polar surface area (TPSA) is 51.2 Å². The fourth-order valence-corrected chi connectivity index (χ4v) is 2.06. The Bertz CT molecular complexity index is 752. The van der Waals surface area contributed by atoms with Gasteiger partial charge in [-0.05, 0) is 24.3 Å². The second kappa shape index (κ2) is 6.05. The third-order valence-electron chi connectivity index (χ3n) is 3.02. The number of nitrogens with one attached hydrogen (secondary N) is 1.